The molecule has 7 heteroatoms. The van der Waals surface area contributed by atoms with Crippen molar-refractivity contribution in [3.8, 4) is 11.3 Å². The predicted molar refractivity (Wildman–Crippen MR) is 91.0 cm³/mol. The Hall–Kier alpha value is -2.80. The summed E-state index contributed by atoms with van der Waals surface area (Å²) in [6.07, 6.45) is 1.51. The smallest absolute Gasteiger partial charge is 0.269 e. The number of benzene rings is 1. The number of rotatable bonds is 6. The number of primary amides is 1. The third-order valence-corrected chi connectivity index (χ3v) is 3.37. The van der Waals surface area contributed by atoms with Crippen LogP contribution in [0.5, 0.6) is 0 Å². The fourth-order valence-corrected chi connectivity index (χ4v) is 2.12. The molecule has 0 fully saturated rings. The van der Waals surface area contributed by atoms with Crippen molar-refractivity contribution in [2.45, 2.75) is 20.4 Å². The maximum atomic E-state index is 12.2. The summed E-state index contributed by atoms with van der Waals surface area (Å²) < 4.78 is 0. The van der Waals surface area contributed by atoms with Gasteiger partial charge in [0.2, 0.25) is 0 Å². The van der Waals surface area contributed by atoms with E-state index in [0.29, 0.717) is 35.0 Å². The van der Waals surface area contributed by atoms with E-state index in [2.05, 4.69) is 15.3 Å². The molecular weight excluding hydrogens is 306 g/mol. The number of amides is 2. The number of aromatic nitrogens is 2. The van der Waals surface area contributed by atoms with E-state index in [1.165, 1.54) is 6.20 Å². The lowest BCUT2D eigenvalue weighted by Gasteiger charge is -2.09. The second-order valence-corrected chi connectivity index (χ2v) is 5.80. The van der Waals surface area contributed by atoms with Crippen molar-refractivity contribution in [3.63, 3.8) is 0 Å². The first-order valence-corrected chi connectivity index (χ1v) is 7.66. The highest BCUT2D eigenvalue weighted by atomic mass is 16.2. The molecule has 1 aromatic carbocycles. The van der Waals surface area contributed by atoms with Gasteiger partial charge in [-0.05, 0) is 18.1 Å². The molecule has 2 amide bonds. The van der Waals surface area contributed by atoms with Crippen LogP contribution in [0.15, 0.2) is 30.5 Å². The van der Waals surface area contributed by atoms with Crippen molar-refractivity contribution in [2.75, 3.05) is 6.54 Å². The van der Waals surface area contributed by atoms with Crippen LogP contribution in [0.3, 0.4) is 0 Å². The molecule has 0 bridgehead atoms. The molecule has 0 unspecified atom stereocenters. The first-order valence-electron chi connectivity index (χ1n) is 7.66. The van der Waals surface area contributed by atoms with Crippen LogP contribution in [-0.2, 0) is 6.54 Å². The molecule has 126 valence electrons. The van der Waals surface area contributed by atoms with E-state index in [4.69, 9.17) is 11.5 Å². The number of carbonyl (C=O) groups excluding carboxylic acids is 2. The molecule has 2 aromatic rings. The zero-order valence-corrected chi connectivity index (χ0v) is 13.7. The average molecular weight is 327 g/mol. The lowest BCUT2D eigenvalue weighted by molar-refractivity contribution is 0.0947. The summed E-state index contributed by atoms with van der Waals surface area (Å²) in [4.78, 5) is 32.0. The highest BCUT2D eigenvalue weighted by molar-refractivity contribution is 5.95. The second kappa shape index (κ2) is 7.65. The topological polar surface area (TPSA) is 124 Å². The van der Waals surface area contributed by atoms with Crippen LogP contribution in [0.4, 0.5) is 0 Å². The Balaban J connectivity index is 2.33. The molecule has 5 N–H and O–H groups in total. The van der Waals surface area contributed by atoms with Gasteiger partial charge in [0.25, 0.3) is 11.8 Å². The minimum Gasteiger partial charge on any atom is -0.364 e. The summed E-state index contributed by atoms with van der Waals surface area (Å²) in [6, 6.07) is 6.96. The number of nitrogens with zero attached hydrogens (tertiary/aromatic N) is 2. The van der Waals surface area contributed by atoms with Gasteiger partial charge >= 0.3 is 0 Å². The number of nitrogens with one attached hydrogen (secondary N) is 1. The zero-order chi connectivity index (χ0) is 17.7. The SMILES string of the molecule is CC(C)CNC(=O)c1cccc(-c2cnc(CN)c(C(N)=O)n2)c1. The van der Waals surface area contributed by atoms with Gasteiger partial charge in [-0.1, -0.05) is 26.0 Å². The monoisotopic (exact) mass is 327 g/mol. The molecule has 0 aliphatic rings. The Bertz CT molecular complexity index is 758. The van der Waals surface area contributed by atoms with Crippen LogP contribution < -0.4 is 16.8 Å². The van der Waals surface area contributed by atoms with E-state index in [0.717, 1.165) is 0 Å². The lowest BCUT2D eigenvalue weighted by Crippen LogP contribution is -2.27. The summed E-state index contributed by atoms with van der Waals surface area (Å²) in [5, 5.41) is 2.86. The quantitative estimate of drug-likeness (QED) is 0.732. The number of carbonyl (C=O) groups is 2. The molecule has 1 aromatic heterocycles. The van der Waals surface area contributed by atoms with Gasteiger partial charge in [-0.3, -0.25) is 14.6 Å². The Morgan fingerprint density at radius 2 is 2.04 bits per heavy atom. The lowest BCUT2D eigenvalue weighted by atomic mass is 10.1. The molecule has 2 rings (SSSR count). The van der Waals surface area contributed by atoms with Gasteiger partial charge in [-0.15, -0.1) is 0 Å². The van der Waals surface area contributed by atoms with Gasteiger partial charge in [0.1, 0.15) is 0 Å². The molecule has 24 heavy (non-hydrogen) atoms. The van der Waals surface area contributed by atoms with E-state index in [9.17, 15) is 9.59 Å². The van der Waals surface area contributed by atoms with Crippen molar-refractivity contribution in [2.24, 2.45) is 17.4 Å². The highest BCUT2D eigenvalue weighted by Crippen LogP contribution is 2.19. The van der Waals surface area contributed by atoms with Crippen LogP contribution >= 0.6 is 0 Å². The molecule has 0 saturated carbocycles. The minimum atomic E-state index is -0.685. The van der Waals surface area contributed by atoms with Crippen LogP contribution in [0.25, 0.3) is 11.3 Å². The van der Waals surface area contributed by atoms with Gasteiger partial charge in [-0.2, -0.15) is 0 Å². The van der Waals surface area contributed by atoms with E-state index in [1.807, 2.05) is 13.8 Å². The molecule has 0 radical (unpaired) electrons. The first kappa shape index (κ1) is 17.6. The van der Waals surface area contributed by atoms with Gasteiger partial charge in [-0.25, -0.2) is 4.98 Å². The molecule has 0 atom stereocenters. The Morgan fingerprint density at radius 1 is 1.29 bits per heavy atom. The fourth-order valence-electron chi connectivity index (χ4n) is 2.12. The van der Waals surface area contributed by atoms with Crippen LogP contribution in [0.1, 0.15) is 40.4 Å². The third-order valence-electron chi connectivity index (χ3n) is 3.37. The molecule has 0 spiro atoms. The van der Waals surface area contributed by atoms with Crippen LogP contribution in [0.2, 0.25) is 0 Å². The van der Waals surface area contributed by atoms with Gasteiger partial charge < -0.3 is 16.8 Å². The molecule has 1 heterocycles. The first-order chi connectivity index (χ1) is 11.4. The molecule has 0 saturated heterocycles. The van der Waals surface area contributed by atoms with Gasteiger partial charge in [0, 0.05) is 24.2 Å². The van der Waals surface area contributed by atoms with Crippen molar-refractivity contribution in [3.05, 3.63) is 47.4 Å². The van der Waals surface area contributed by atoms with E-state index >= 15 is 0 Å². The second-order valence-electron chi connectivity index (χ2n) is 5.80. The number of hydrogen-bond donors (Lipinski definition) is 3. The normalized spacial score (nSPS) is 10.7. The Kier molecular flexibility index (Phi) is 5.59. The van der Waals surface area contributed by atoms with Crippen molar-refractivity contribution >= 4 is 11.8 Å². The summed E-state index contributed by atoms with van der Waals surface area (Å²) in [5.74, 6) is -0.479. The Morgan fingerprint density at radius 3 is 2.67 bits per heavy atom. The summed E-state index contributed by atoms with van der Waals surface area (Å²) >= 11 is 0. The molecule has 0 aliphatic carbocycles. The standard InChI is InChI=1S/C17H21N5O2/c1-10(2)8-21-17(24)12-5-3-4-11(6-12)14-9-20-13(7-18)15(22-14)16(19)23/h3-6,9-10H,7-8,18H2,1-2H3,(H2,19,23)(H,21,24). The fraction of sp³-hybridized carbons (Fsp3) is 0.294. The molecule has 7 nitrogen and oxygen atoms in total. The maximum Gasteiger partial charge on any atom is 0.269 e. The van der Waals surface area contributed by atoms with E-state index < -0.39 is 5.91 Å². The summed E-state index contributed by atoms with van der Waals surface area (Å²) in [7, 11) is 0. The van der Waals surface area contributed by atoms with E-state index in [-0.39, 0.29) is 18.1 Å². The zero-order valence-electron chi connectivity index (χ0n) is 13.7. The van der Waals surface area contributed by atoms with Crippen molar-refractivity contribution in [1.29, 1.82) is 0 Å². The maximum absolute atomic E-state index is 12.2. The van der Waals surface area contributed by atoms with Crippen LogP contribution in [-0.4, -0.2) is 28.3 Å². The van der Waals surface area contributed by atoms with Gasteiger partial charge in [0.15, 0.2) is 5.69 Å². The molecule has 0 aliphatic heterocycles. The molecular formula is C17H21N5O2. The van der Waals surface area contributed by atoms with Crippen LogP contribution in [0, 0.1) is 5.92 Å². The van der Waals surface area contributed by atoms with Crippen molar-refractivity contribution in [1.82, 2.24) is 15.3 Å². The Labute approximate surface area is 140 Å². The summed E-state index contributed by atoms with van der Waals surface area (Å²) in [6.45, 7) is 4.72. The predicted octanol–water partition coefficient (Wildman–Crippen LogP) is 1.09. The average Bonchev–Trinajstić information content (AvgIpc) is 2.59. The third kappa shape index (κ3) is 4.14. The largest absolute Gasteiger partial charge is 0.364 e. The van der Waals surface area contributed by atoms with Gasteiger partial charge in [0.05, 0.1) is 17.6 Å². The number of nitrogens with two attached hydrogens (primary N) is 2. The summed E-state index contributed by atoms with van der Waals surface area (Å²) in [5.41, 5.74) is 12.9. The van der Waals surface area contributed by atoms with E-state index in [1.54, 1.807) is 24.3 Å². The van der Waals surface area contributed by atoms with Crippen molar-refractivity contribution < 1.29 is 9.59 Å². The number of hydrogen-bond acceptors (Lipinski definition) is 5. The highest BCUT2D eigenvalue weighted by Gasteiger charge is 2.14. The minimum absolute atomic E-state index is 0.0460.